The van der Waals surface area contributed by atoms with E-state index in [9.17, 15) is 9.59 Å². The highest BCUT2D eigenvalue weighted by Crippen LogP contribution is 2.11. The molecule has 0 saturated carbocycles. The van der Waals surface area contributed by atoms with Crippen molar-refractivity contribution in [3.8, 4) is 6.07 Å². The van der Waals surface area contributed by atoms with Gasteiger partial charge in [0.25, 0.3) is 0 Å². The van der Waals surface area contributed by atoms with Crippen molar-refractivity contribution in [1.82, 2.24) is 0 Å². The summed E-state index contributed by atoms with van der Waals surface area (Å²) in [5, 5.41) is 8.91. The fourth-order valence-electron chi connectivity index (χ4n) is 1.20. The molecule has 0 radical (unpaired) electrons. The molecule has 0 amide bonds. The number of esters is 2. The van der Waals surface area contributed by atoms with Crippen LogP contribution in [0.5, 0.6) is 0 Å². The summed E-state index contributed by atoms with van der Waals surface area (Å²) in [6, 6.07) is 1.94. The molecule has 0 N–H and O–H groups in total. The molecule has 0 rings (SSSR count). The Morgan fingerprint density at radius 1 is 0.947 bits per heavy atom. The highest BCUT2D eigenvalue weighted by Gasteiger charge is 2.19. The number of hydrogen-bond donors (Lipinski definition) is 0. The van der Waals surface area contributed by atoms with E-state index in [1.807, 2.05) is 33.8 Å². The molecular formula is C14H23NO4. The van der Waals surface area contributed by atoms with Crippen molar-refractivity contribution in [2.45, 2.75) is 40.5 Å². The van der Waals surface area contributed by atoms with Crippen molar-refractivity contribution in [3.63, 3.8) is 0 Å². The van der Waals surface area contributed by atoms with E-state index in [1.54, 1.807) is 0 Å². The fraction of sp³-hybridized carbons (Fsp3) is 0.786. The third kappa shape index (κ3) is 10.1. The van der Waals surface area contributed by atoms with Gasteiger partial charge in [-0.2, -0.15) is 5.26 Å². The molecule has 0 aliphatic rings. The van der Waals surface area contributed by atoms with Crippen LogP contribution in [-0.4, -0.2) is 25.2 Å². The molecule has 0 atom stereocenters. The van der Waals surface area contributed by atoms with Gasteiger partial charge in [0.2, 0.25) is 0 Å². The summed E-state index contributed by atoms with van der Waals surface area (Å²) in [5.74, 6) is -1.07. The Kier molecular flexibility index (Phi) is 8.60. The Morgan fingerprint density at radius 3 is 1.58 bits per heavy atom. The van der Waals surface area contributed by atoms with Gasteiger partial charge in [-0.1, -0.05) is 27.7 Å². The highest BCUT2D eigenvalue weighted by molar-refractivity contribution is 5.73. The predicted octanol–water partition coefficient (Wildman–Crippen LogP) is 2.30. The van der Waals surface area contributed by atoms with Gasteiger partial charge in [-0.15, -0.1) is 0 Å². The Morgan fingerprint density at radius 2 is 1.32 bits per heavy atom. The highest BCUT2D eigenvalue weighted by atomic mass is 16.5. The van der Waals surface area contributed by atoms with Crippen LogP contribution >= 0.6 is 0 Å². The maximum absolute atomic E-state index is 11.4. The molecule has 19 heavy (non-hydrogen) atoms. The molecule has 0 aromatic rings. The number of nitrogens with zero attached hydrogens (tertiary/aromatic N) is 1. The third-order valence-electron chi connectivity index (χ3n) is 2.16. The van der Waals surface area contributed by atoms with E-state index in [4.69, 9.17) is 14.7 Å². The first-order chi connectivity index (χ1) is 8.85. The molecule has 0 aliphatic carbocycles. The molecule has 0 saturated heterocycles. The van der Waals surface area contributed by atoms with Crippen LogP contribution in [0, 0.1) is 29.1 Å². The molecule has 0 bridgehead atoms. The van der Waals surface area contributed by atoms with Gasteiger partial charge in [0, 0.05) is 0 Å². The summed E-state index contributed by atoms with van der Waals surface area (Å²) >= 11 is 0. The van der Waals surface area contributed by atoms with Gasteiger partial charge in [-0.25, -0.2) is 0 Å². The molecule has 0 aromatic heterocycles. The van der Waals surface area contributed by atoms with Gasteiger partial charge in [-0.05, 0) is 11.8 Å². The van der Waals surface area contributed by atoms with Crippen LogP contribution in [0.25, 0.3) is 0 Å². The molecule has 108 valence electrons. The zero-order chi connectivity index (χ0) is 14.8. The molecule has 0 aliphatic heterocycles. The third-order valence-corrected chi connectivity index (χ3v) is 2.16. The van der Waals surface area contributed by atoms with Gasteiger partial charge in [0.1, 0.15) is 0 Å². The summed E-state index contributed by atoms with van der Waals surface area (Å²) in [6.45, 7) is 8.37. The predicted molar refractivity (Wildman–Crippen MR) is 69.9 cm³/mol. The number of hydrogen-bond acceptors (Lipinski definition) is 5. The first-order valence-electron chi connectivity index (χ1n) is 6.56. The van der Waals surface area contributed by atoms with Crippen LogP contribution in [0.1, 0.15) is 40.5 Å². The first-order valence-corrected chi connectivity index (χ1v) is 6.56. The quantitative estimate of drug-likeness (QED) is 0.632. The van der Waals surface area contributed by atoms with Crippen molar-refractivity contribution in [3.05, 3.63) is 0 Å². The summed E-state index contributed by atoms with van der Waals surface area (Å²) in [4.78, 5) is 22.9. The van der Waals surface area contributed by atoms with E-state index in [2.05, 4.69) is 0 Å². The molecule has 0 aromatic carbocycles. The maximum Gasteiger partial charge on any atom is 0.307 e. The van der Waals surface area contributed by atoms with Crippen molar-refractivity contribution < 1.29 is 19.1 Å². The molecule has 0 spiro atoms. The first kappa shape index (κ1) is 17.4. The lowest BCUT2D eigenvalue weighted by Gasteiger charge is -2.11. The van der Waals surface area contributed by atoms with Gasteiger partial charge in [-0.3, -0.25) is 9.59 Å². The van der Waals surface area contributed by atoms with Crippen molar-refractivity contribution >= 4 is 11.9 Å². The summed E-state index contributed by atoms with van der Waals surface area (Å²) in [5.41, 5.74) is 0. The van der Waals surface area contributed by atoms with Gasteiger partial charge >= 0.3 is 11.9 Å². The van der Waals surface area contributed by atoms with E-state index in [1.165, 1.54) is 0 Å². The number of carbonyl (C=O) groups is 2. The van der Waals surface area contributed by atoms with Gasteiger partial charge in [0.15, 0.2) is 0 Å². The van der Waals surface area contributed by atoms with Gasteiger partial charge in [0.05, 0.1) is 38.0 Å². The van der Waals surface area contributed by atoms with Crippen LogP contribution in [0.4, 0.5) is 0 Å². The summed E-state index contributed by atoms with van der Waals surface area (Å²) in [7, 11) is 0. The largest absolute Gasteiger partial charge is 0.465 e. The lowest BCUT2D eigenvalue weighted by atomic mass is 10.0. The molecule has 0 heterocycles. The van der Waals surface area contributed by atoms with E-state index in [-0.39, 0.29) is 24.7 Å². The van der Waals surface area contributed by atoms with E-state index in [0.717, 1.165) is 0 Å². The molecule has 5 heteroatoms. The maximum atomic E-state index is 11.4. The summed E-state index contributed by atoms with van der Waals surface area (Å²) in [6.07, 6.45) is -0.139. The Bertz CT molecular complexity index is 305. The second-order valence-electron chi connectivity index (χ2n) is 5.39. The minimum absolute atomic E-state index is 0.0694. The number of carbonyl (C=O) groups excluding carboxylic acids is 2. The second kappa shape index (κ2) is 9.37. The molecule has 0 fully saturated rings. The van der Waals surface area contributed by atoms with Crippen LogP contribution in [0.15, 0.2) is 0 Å². The zero-order valence-corrected chi connectivity index (χ0v) is 12.1. The zero-order valence-electron chi connectivity index (χ0n) is 12.1. The van der Waals surface area contributed by atoms with Crippen LogP contribution in [0.2, 0.25) is 0 Å². The average molecular weight is 269 g/mol. The minimum atomic E-state index is -0.681. The topological polar surface area (TPSA) is 76.4 Å². The number of rotatable bonds is 8. The standard InChI is InChI=1S/C14H23NO4/c1-10(2)8-18-13(16)5-12(7-15)6-14(17)19-9-11(3)4/h10-12H,5-6,8-9H2,1-4H3. The smallest absolute Gasteiger partial charge is 0.307 e. The van der Waals surface area contributed by atoms with Crippen LogP contribution in [-0.2, 0) is 19.1 Å². The van der Waals surface area contributed by atoms with Gasteiger partial charge < -0.3 is 9.47 Å². The van der Waals surface area contributed by atoms with Crippen LogP contribution < -0.4 is 0 Å². The number of nitriles is 1. The van der Waals surface area contributed by atoms with Crippen molar-refractivity contribution in [2.75, 3.05) is 13.2 Å². The number of ether oxygens (including phenoxy) is 2. The SMILES string of the molecule is CC(C)COC(=O)CC(C#N)CC(=O)OCC(C)C. The van der Waals surface area contributed by atoms with Crippen LogP contribution in [0.3, 0.4) is 0 Å². The minimum Gasteiger partial charge on any atom is -0.465 e. The normalized spacial score (nSPS) is 10.6. The van der Waals surface area contributed by atoms with Crippen molar-refractivity contribution in [1.29, 1.82) is 5.26 Å². The average Bonchev–Trinajstić information content (AvgIpc) is 2.33. The van der Waals surface area contributed by atoms with E-state index in [0.29, 0.717) is 13.2 Å². The molecule has 0 unspecified atom stereocenters. The monoisotopic (exact) mass is 269 g/mol. The Hall–Kier alpha value is -1.57. The second-order valence-corrected chi connectivity index (χ2v) is 5.39. The lowest BCUT2D eigenvalue weighted by Crippen LogP contribution is -2.18. The fourth-order valence-corrected chi connectivity index (χ4v) is 1.20. The van der Waals surface area contributed by atoms with Crippen molar-refractivity contribution in [2.24, 2.45) is 17.8 Å². The lowest BCUT2D eigenvalue weighted by molar-refractivity contribution is -0.147. The molecule has 5 nitrogen and oxygen atoms in total. The molecular weight excluding hydrogens is 246 g/mol. The summed E-state index contributed by atoms with van der Waals surface area (Å²) < 4.78 is 9.95. The Labute approximate surface area is 114 Å². The van der Waals surface area contributed by atoms with E-state index >= 15 is 0 Å². The Balaban J connectivity index is 4.04. The van der Waals surface area contributed by atoms with E-state index < -0.39 is 17.9 Å².